The Morgan fingerprint density at radius 2 is 2.22 bits per heavy atom. The largest absolute Gasteiger partial charge is 0.324 e. The van der Waals surface area contributed by atoms with E-state index in [4.69, 9.17) is 11.6 Å². The molecule has 2 N–H and O–H groups in total. The average molecular weight is 338 g/mol. The average Bonchev–Trinajstić information content (AvgIpc) is 2.23. The Morgan fingerprint density at radius 1 is 1.56 bits per heavy atom. The lowest BCUT2D eigenvalue weighted by Gasteiger charge is -2.13. The van der Waals surface area contributed by atoms with Crippen molar-refractivity contribution < 1.29 is 9.18 Å². The van der Waals surface area contributed by atoms with E-state index in [9.17, 15) is 9.18 Å². The van der Waals surface area contributed by atoms with Gasteiger partial charge in [-0.2, -0.15) is 0 Å². The minimum Gasteiger partial charge on any atom is -0.324 e. The van der Waals surface area contributed by atoms with Crippen LogP contribution in [0.15, 0.2) is 16.6 Å². The maximum absolute atomic E-state index is 13.0. The van der Waals surface area contributed by atoms with Crippen LogP contribution in [0.3, 0.4) is 0 Å². The number of amides is 1. The fourth-order valence-electron chi connectivity index (χ4n) is 1.55. The van der Waals surface area contributed by atoms with Gasteiger partial charge in [-0.1, -0.05) is 18.5 Å². The smallest absolute Gasteiger partial charge is 0.225 e. The van der Waals surface area contributed by atoms with Crippen LogP contribution < -0.4 is 10.6 Å². The fraction of sp³-hybridized carbons (Fsp3) is 0.417. The first kappa shape index (κ1) is 15.4. The topological polar surface area (TPSA) is 41.1 Å². The maximum Gasteiger partial charge on any atom is 0.225 e. The molecule has 6 heteroatoms. The van der Waals surface area contributed by atoms with Crippen molar-refractivity contribution in [3.05, 3.63) is 27.4 Å². The van der Waals surface area contributed by atoms with Crippen LogP contribution >= 0.6 is 27.5 Å². The Bertz CT molecular complexity index is 419. The van der Waals surface area contributed by atoms with Gasteiger partial charge in [0.15, 0.2) is 0 Å². The molecule has 100 valence electrons. The quantitative estimate of drug-likeness (QED) is 0.862. The zero-order chi connectivity index (χ0) is 13.7. The van der Waals surface area contributed by atoms with Gasteiger partial charge in [-0.25, -0.2) is 4.39 Å². The van der Waals surface area contributed by atoms with E-state index in [1.54, 1.807) is 0 Å². The third kappa shape index (κ3) is 4.55. The van der Waals surface area contributed by atoms with E-state index in [1.165, 1.54) is 6.07 Å². The molecule has 1 amide bonds. The monoisotopic (exact) mass is 336 g/mol. The lowest BCUT2D eigenvalue weighted by Crippen LogP contribution is -2.30. The molecule has 0 radical (unpaired) electrons. The maximum atomic E-state index is 13.0. The van der Waals surface area contributed by atoms with E-state index in [1.807, 2.05) is 13.8 Å². The number of nitrogens with one attached hydrogen (secondary N) is 2. The highest BCUT2D eigenvalue weighted by molar-refractivity contribution is 9.10. The molecule has 1 atom stereocenters. The molecule has 0 heterocycles. The number of carbonyl (C=O) groups is 1. The lowest BCUT2D eigenvalue weighted by molar-refractivity contribution is -0.116. The fourth-order valence-corrected chi connectivity index (χ4v) is 2.45. The van der Waals surface area contributed by atoms with Crippen molar-refractivity contribution in [2.24, 2.45) is 0 Å². The molecular formula is C12H15BrClFN2O. The van der Waals surface area contributed by atoms with Gasteiger partial charge in [0, 0.05) is 16.9 Å². The summed E-state index contributed by atoms with van der Waals surface area (Å²) in [5.74, 6) is -0.622. The van der Waals surface area contributed by atoms with Gasteiger partial charge < -0.3 is 10.6 Å². The molecule has 0 spiro atoms. The Morgan fingerprint density at radius 3 is 2.78 bits per heavy atom. The van der Waals surface area contributed by atoms with Crippen LogP contribution in [0.5, 0.6) is 0 Å². The zero-order valence-electron chi connectivity index (χ0n) is 10.2. The molecule has 1 unspecified atom stereocenters. The molecule has 0 aromatic heterocycles. The predicted octanol–water partition coefficient (Wildman–Crippen LogP) is 3.57. The predicted molar refractivity (Wildman–Crippen MR) is 75.5 cm³/mol. The summed E-state index contributed by atoms with van der Waals surface area (Å²) in [7, 11) is 0. The third-order valence-electron chi connectivity index (χ3n) is 2.32. The summed E-state index contributed by atoms with van der Waals surface area (Å²) >= 11 is 9.04. The Hall–Kier alpha value is -0.650. The van der Waals surface area contributed by atoms with Crippen molar-refractivity contribution in [3.8, 4) is 0 Å². The van der Waals surface area contributed by atoms with Crippen LogP contribution in [0.2, 0.25) is 5.02 Å². The number of benzene rings is 1. The molecule has 18 heavy (non-hydrogen) atoms. The standard InChI is InChI=1S/C12H15BrClFN2O/c1-3-16-7(2)4-11(18)17-12-9(13)5-8(15)6-10(12)14/h5-7,16H,3-4H2,1-2H3,(H,17,18). The van der Waals surface area contributed by atoms with E-state index in [0.29, 0.717) is 16.6 Å². The number of anilines is 1. The van der Waals surface area contributed by atoms with Gasteiger partial charge in [-0.15, -0.1) is 0 Å². The molecule has 0 saturated carbocycles. The molecule has 1 rings (SSSR count). The number of halogens is 3. The molecule has 0 fully saturated rings. The van der Waals surface area contributed by atoms with Gasteiger partial charge >= 0.3 is 0 Å². The summed E-state index contributed by atoms with van der Waals surface area (Å²) in [5, 5.41) is 5.98. The number of hydrogen-bond acceptors (Lipinski definition) is 2. The summed E-state index contributed by atoms with van der Waals surface area (Å²) in [6.07, 6.45) is 0.327. The summed E-state index contributed by atoms with van der Waals surface area (Å²) in [6.45, 7) is 4.70. The minimum atomic E-state index is -0.453. The SMILES string of the molecule is CCNC(C)CC(=O)Nc1c(Cl)cc(F)cc1Br. The highest BCUT2D eigenvalue weighted by Gasteiger charge is 2.13. The van der Waals surface area contributed by atoms with E-state index in [0.717, 1.165) is 12.6 Å². The lowest BCUT2D eigenvalue weighted by atomic mass is 10.2. The second kappa shape index (κ2) is 7.07. The van der Waals surface area contributed by atoms with Crippen molar-refractivity contribution in [3.63, 3.8) is 0 Å². The molecule has 0 aliphatic rings. The normalized spacial score (nSPS) is 12.3. The summed E-state index contributed by atoms with van der Waals surface area (Å²) < 4.78 is 13.4. The molecule has 0 bridgehead atoms. The summed E-state index contributed by atoms with van der Waals surface area (Å²) in [6, 6.07) is 2.50. The van der Waals surface area contributed by atoms with Crippen LogP contribution in [0.1, 0.15) is 20.3 Å². The van der Waals surface area contributed by atoms with Crippen LogP contribution in [0, 0.1) is 5.82 Å². The van der Waals surface area contributed by atoms with Gasteiger partial charge in [0.25, 0.3) is 0 Å². The van der Waals surface area contributed by atoms with Crippen LogP contribution in [-0.4, -0.2) is 18.5 Å². The van der Waals surface area contributed by atoms with Gasteiger partial charge in [0.1, 0.15) is 5.82 Å². The Labute approximate surface area is 119 Å². The van der Waals surface area contributed by atoms with Crippen LogP contribution in [0.25, 0.3) is 0 Å². The highest BCUT2D eigenvalue weighted by Crippen LogP contribution is 2.31. The third-order valence-corrected chi connectivity index (χ3v) is 3.24. The Balaban J connectivity index is 2.70. The molecule has 3 nitrogen and oxygen atoms in total. The van der Waals surface area contributed by atoms with Gasteiger partial charge in [0.05, 0.1) is 10.7 Å². The number of rotatable bonds is 5. The highest BCUT2D eigenvalue weighted by atomic mass is 79.9. The van der Waals surface area contributed by atoms with E-state index >= 15 is 0 Å². The molecular weight excluding hydrogens is 322 g/mol. The molecule has 0 aliphatic carbocycles. The summed E-state index contributed by atoms with van der Waals surface area (Å²) in [5.41, 5.74) is 0.395. The second-order valence-electron chi connectivity index (χ2n) is 3.96. The van der Waals surface area contributed by atoms with E-state index in [2.05, 4.69) is 26.6 Å². The molecule has 0 aliphatic heterocycles. The van der Waals surface area contributed by atoms with Gasteiger partial charge in [-0.05, 0) is 41.5 Å². The number of hydrogen-bond donors (Lipinski definition) is 2. The first-order chi connectivity index (χ1) is 8.43. The van der Waals surface area contributed by atoms with E-state index in [-0.39, 0.29) is 17.0 Å². The summed E-state index contributed by atoms with van der Waals surface area (Å²) in [4.78, 5) is 11.8. The zero-order valence-corrected chi connectivity index (χ0v) is 12.5. The van der Waals surface area contributed by atoms with Crippen molar-refractivity contribution >= 4 is 39.1 Å². The van der Waals surface area contributed by atoms with E-state index < -0.39 is 5.82 Å². The molecule has 1 aromatic rings. The van der Waals surface area contributed by atoms with Crippen LogP contribution in [-0.2, 0) is 4.79 Å². The van der Waals surface area contributed by atoms with Gasteiger partial charge in [0.2, 0.25) is 5.91 Å². The van der Waals surface area contributed by atoms with Crippen molar-refractivity contribution in [1.29, 1.82) is 0 Å². The second-order valence-corrected chi connectivity index (χ2v) is 5.22. The molecule has 1 aromatic carbocycles. The first-order valence-corrected chi connectivity index (χ1v) is 6.79. The van der Waals surface area contributed by atoms with Crippen molar-refractivity contribution in [1.82, 2.24) is 5.32 Å². The van der Waals surface area contributed by atoms with Crippen molar-refractivity contribution in [2.45, 2.75) is 26.3 Å². The Kier molecular flexibility index (Phi) is 6.05. The van der Waals surface area contributed by atoms with Gasteiger partial charge in [-0.3, -0.25) is 4.79 Å². The van der Waals surface area contributed by atoms with Crippen molar-refractivity contribution in [2.75, 3.05) is 11.9 Å². The molecule has 0 saturated heterocycles. The number of carbonyl (C=O) groups excluding carboxylic acids is 1. The first-order valence-electron chi connectivity index (χ1n) is 5.61. The van der Waals surface area contributed by atoms with Crippen LogP contribution in [0.4, 0.5) is 10.1 Å². The minimum absolute atomic E-state index is 0.0769.